The van der Waals surface area contributed by atoms with E-state index in [1.165, 1.54) is 45.5 Å². The van der Waals surface area contributed by atoms with Gasteiger partial charge in [0.25, 0.3) is 5.91 Å². The summed E-state index contributed by atoms with van der Waals surface area (Å²) in [6.07, 6.45) is 0. The van der Waals surface area contributed by atoms with Gasteiger partial charge >= 0.3 is 0 Å². The van der Waals surface area contributed by atoms with E-state index in [0.717, 1.165) is 16.4 Å². The van der Waals surface area contributed by atoms with E-state index < -0.39 is 28.4 Å². The van der Waals surface area contributed by atoms with Crippen molar-refractivity contribution in [1.82, 2.24) is 4.31 Å². The van der Waals surface area contributed by atoms with Gasteiger partial charge in [0.15, 0.2) is 6.61 Å². The maximum absolute atomic E-state index is 13.0. The number of benzene rings is 2. The van der Waals surface area contributed by atoms with Crippen LogP contribution in [0.15, 0.2) is 41.3 Å². The number of methoxy groups -OCH3 is 1. The third-order valence-electron chi connectivity index (χ3n) is 3.46. The van der Waals surface area contributed by atoms with Gasteiger partial charge in [-0.05, 0) is 36.4 Å². The molecular formula is C17H18ClFN2O5S. The van der Waals surface area contributed by atoms with E-state index in [1.807, 2.05) is 0 Å². The standard InChI is InChI=1S/C17H18ClFN2O5S/c1-21(2)27(23,24)16-9-12(5-7-15(16)25-3)20-17(22)10-26-14-6-4-11(19)8-13(14)18/h4-9H,10H2,1-3H3,(H,20,22). The van der Waals surface area contributed by atoms with Crippen LogP contribution in [0.3, 0.4) is 0 Å². The summed E-state index contributed by atoms with van der Waals surface area (Å²) in [6.45, 7) is -0.396. The molecule has 2 rings (SSSR count). The summed E-state index contributed by atoms with van der Waals surface area (Å²) < 4.78 is 49.1. The van der Waals surface area contributed by atoms with Gasteiger partial charge in [0.2, 0.25) is 10.0 Å². The SMILES string of the molecule is COc1ccc(NC(=O)COc2ccc(F)cc2Cl)cc1S(=O)(=O)N(C)C. The van der Waals surface area contributed by atoms with Gasteiger partial charge in [0, 0.05) is 19.8 Å². The van der Waals surface area contributed by atoms with E-state index in [-0.39, 0.29) is 27.1 Å². The number of hydrogen-bond acceptors (Lipinski definition) is 5. The molecule has 1 N–H and O–H groups in total. The van der Waals surface area contributed by atoms with Crippen LogP contribution < -0.4 is 14.8 Å². The number of carbonyl (C=O) groups excluding carboxylic acids is 1. The maximum atomic E-state index is 13.0. The van der Waals surface area contributed by atoms with Gasteiger partial charge in [-0.3, -0.25) is 4.79 Å². The molecule has 0 unspecified atom stereocenters. The average molecular weight is 417 g/mol. The van der Waals surface area contributed by atoms with Gasteiger partial charge in [0.05, 0.1) is 12.1 Å². The zero-order chi connectivity index (χ0) is 20.2. The largest absolute Gasteiger partial charge is 0.495 e. The highest BCUT2D eigenvalue weighted by Gasteiger charge is 2.23. The molecule has 0 aliphatic carbocycles. The predicted octanol–water partition coefficient (Wildman–Crippen LogP) is 2.76. The zero-order valence-electron chi connectivity index (χ0n) is 14.8. The number of rotatable bonds is 7. The third-order valence-corrected chi connectivity index (χ3v) is 5.59. The number of carbonyl (C=O) groups is 1. The van der Waals surface area contributed by atoms with Crippen LogP contribution in [-0.2, 0) is 14.8 Å². The number of anilines is 1. The summed E-state index contributed by atoms with van der Waals surface area (Å²) in [5.74, 6) is -0.770. The first-order valence-electron chi connectivity index (χ1n) is 7.63. The van der Waals surface area contributed by atoms with Gasteiger partial charge in [-0.25, -0.2) is 17.1 Å². The second-order valence-electron chi connectivity index (χ2n) is 5.56. The van der Waals surface area contributed by atoms with Crippen molar-refractivity contribution < 1.29 is 27.1 Å². The first-order valence-corrected chi connectivity index (χ1v) is 9.45. The Morgan fingerprint density at radius 2 is 1.85 bits per heavy atom. The van der Waals surface area contributed by atoms with E-state index in [4.69, 9.17) is 21.1 Å². The van der Waals surface area contributed by atoms with Crippen LogP contribution in [0.25, 0.3) is 0 Å². The van der Waals surface area contributed by atoms with Gasteiger partial charge in [-0.15, -0.1) is 0 Å². The maximum Gasteiger partial charge on any atom is 0.262 e. The highest BCUT2D eigenvalue weighted by molar-refractivity contribution is 7.89. The third kappa shape index (κ3) is 5.09. The highest BCUT2D eigenvalue weighted by Crippen LogP contribution is 2.29. The Kier molecular flexibility index (Phi) is 6.63. The fourth-order valence-electron chi connectivity index (χ4n) is 2.09. The minimum Gasteiger partial charge on any atom is -0.495 e. The van der Waals surface area contributed by atoms with E-state index in [2.05, 4.69) is 5.32 Å². The smallest absolute Gasteiger partial charge is 0.262 e. The van der Waals surface area contributed by atoms with Gasteiger partial charge < -0.3 is 14.8 Å². The number of hydrogen-bond donors (Lipinski definition) is 1. The van der Waals surface area contributed by atoms with Crippen molar-refractivity contribution in [3.05, 3.63) is 47.2 Å². The minimum atomic E-state index is -3.77. The van der Waals surface area contributed by atoms with E-state index in [0.29, 0.717) is 0 Å². The lowest BCUT2D eigenvalue weighted by atomic mass is 10.3. The number of nitrogens with zero attached hydrogens (tertiary/aromatic N) is 1. The molecule has 0 spiro atoms. The number of nitrogens with one attached hydrogen (secondary N) is 1. The molecule has 2 aromatic rings. The molecule has 0 fully saturated rings. The fraction of sp³-hybridized carbons (Fsp3) is 0.235. The summed E-state index contributed by atoms with van der Waals surface area (Å²) in [4.78, 5) is 12.0. The molecule has 0 aliphatic heterocycles. The topological polar surface area (TPSA) is 84.9 Å². The lowest BCUT2D eigenvalue weighted by Crippen LogP contribution is -2.24. The minimum absolute atomic E-state index is 0.0339. The summed E-state index contributed by atoms with van der Waals surface area (Å²) in [6, 6.07) is 7.74. The molecule has 7 nitrogen and oxygen atoms in total. The van der Waals surface area contributed by atoms with Crippen LogP contribution in [-0.4, -0.2) is 46.4 Å². The first-order chi connectivity index (χ1) is 12.6. The van der Waals surface area contributed by atoms with E-state index in [1.54, 1.807) is 0 Å². The molecule has 1 amide bonds. The molecule has 2 aromatic carbocycles. The van der Waals surface area contributed by atoms with Crippen molar-refractivity contribution in [1.29, 1.82) is 0 Å². The van der Waals surface area contributed by atoms with Crippen molar-refractivity contribution in [3.63, 3.8) is 0 Å². The molecule has 0 saturated heterocycles. The Morgan fingerprint density at radius 3 is 2.44 bits per heavy atom. The van der Waals surface area contributed by atoms with Crippen molar-refractivity contribution >= 4 is 33.2 Å². The molecule has 27 heavy (non-hydrogen) atoms. The number of amides is 1. The van der Waals surface area contributed by atoms with E-state index >= 15 is 0 Å². The monoisotopic (exact) mass is 416 g/mol. The molecule has 10 heteroatoms. The molecule has 0 aliphatic rings. The van der Waals surface area contributed by atoms with Crippen molar-refractivity contribution in [2.24, 2.45) is 0 Å². The molecule has 146 valence electrons. The lowest BCUT2D eigenvalue weighted by Gasteiger charge is -2.16. The van der Waals surface area contributed by atoms with Crippen molar-refractivity contribution in [2.75, 3.05) is 33.1 Å². The zero-order valence-corrected chi connectivity index (χ0v) is 16.4. The van der Waals surface area contributed by atoms with Gasteiger partial charge in [0.1, 0.15) is 22.2 Å². The molecule has 0 aromatic heterocycles. The molecule has 0 atom stereocenters. The molecule has 0 saturated carbocycles. The van der Waals surface area contributed by atoms with Gasteiger partial charge in [-0.1, -0.05) is 11.6 Å². The second kappa shape index (κ2) is 8.55. The number of sulfonamides is 1. The number of ether oxygens (including phenoxy) is 2. The Balaban J connectivity index is 2.14. The highest BCUT2D eigenvalue weighted by atomic mass is 35.5. The van der Waals surface area contributed by atoms with Crippen LogP contribution >= 0.6 is 11.6 Å². The Bertz CT molecular complexity index is 950. The Morgan fingerprint density at radius 1 is 1.19 bits per heavy atom. The van der Waals surface area contributed by atoms with Crippen LogP contribution in [0.1, 0.15) is 0 Å². The molecule has 0 radical (unpaired) electrons. The average Bonchev–Trinajstić information content (AvgIpc) is 2.60. The molecule has 0 bridgehead atoms. The Hall–Kier alpha value is -2.36. The van der Waals surface area contributed by atoms with Crippen LogP contribution in [0.2, 0.25) is 5.02 Å². The van der Waals surface area contributed by atoms with Crippen LogP contribution in [0.5, 0.6) is 11.5 Å². The molecule has 0 heterocycles. The Labute approximate surface area is 161 Å². The number of halogens is 2. The lowest BCUT2D eigenvalue weighted by molar-refractivity contribution is -0.118. The predicted molar refractivity (Wildman–Crippen MR) is 99.4 cm³/mol. The second-order valence-corrected chi connectivity index (χ2v) is 8.09. The normalized spacial score (nSPS) is 11.3. The van der Waals surface area contributed by atoms with Gasteiger partial charge in [-0.2, -0.15) is 0 Å². The summed E-state index contributed by atoms with van der Waals surface area (Å²) in [5, 5.41) is 2.56. The van der Waals surface area contributed by atoms with E-state index in [9.17, 15) is 17.6 Å². The summed E-state index contributed by atoms with van der Waals surface area (Å²) in [7, 11) is 0.358. The summed E-state index contributed by atoms with van der Waals surface area (Å²) in [5.41, 5.74) is 0.245. The summed E-state index contributed by atoms with van der Waals surface area (Å²) >= 11 is 5.83. The first kappa shape index (κ1) is 20.9. The fourth-order valence-corrected chi connectivity index (χ4v) is 3.38. The van der Waals surface area contributed by atoms with Crippen molar-refractivity contribution in [2.45, 2.75) is 4.90 Å². The van der Waals surface area contributed by atoms with Crippen LogP contribution in [0, 0.1) is 5.82 Å². The van der Waals surface area contributed by atoms with Crippen molar-refractivity contribution in [3.8, 4) is 11.5 Å². The van der Waals surface area contributed by atoms with Crippen LogP contribution in [0.4, 0.5) is 10.1 Å². The molecular weight excluding hydrogens is 399 g/mol. The quantitative estimate of drug-likeness (QED) is 0.750.